The van der Waals surface area contributed by atoms with Crippen molar-refractivity contribution in [3.8, 4) is 5.75 Å². The molecule has 3 aromatic rings. The second-order valence-corrected chi connectivity index (χ2v) is 7.51. The smallest absolute Gasteiger partial charge is 0.283 e. The number of aryl methyl sites for hydroxylation is 1. The molecule has 0 bridgehead atoms. The number of ether oxygens (including phenoxy) is 1. The Kier molecular flexibility index (Phi) is 6.60. The molecule has 1 aliphatic rings. The van der Waals surface area contributed by atoms with Crippen molar-refractivity contribution >= 4 is 17.8 Å². The van der Waals surface area contributed by atoms with Crippen molar-refractivity contribution in [2.24, 2.45) is 10.3 Å². The Morgan fingerprint density at radius 2 is 1.78 bits per heavy atom. The highest BCUT2D eigenvalue weighted by molar-refractivity contribution is 6.03. The van der Waals surface area contributed by atoms with Gasteiger partial charge in [-0.2, -0.15) is 5.10 Å². The van der Waals surface area contributed by atoms with Gasteiger partial charge in [-0.05, 0) is 41.3 Å². The van der Waals surface area contributed by atoms with E-state index in [9.17, 15) is 4.79 Å². The van der Waals surface area contributed by atoms with Crippen molar-refractivity contribution in [3.05, 3.63) is 101 Å². The minimum Gasteiger partial charge on any atom is -0.497 e. The van der Waals surface area contributed by atoms with Crippen LogP contribution in [0.1, 0.15) is 34.7 Å². The molecule has 0 saturated heterocycles. The predicted octanol–water partition coefficient (Wildman–Crippen LogP) is 4.73. The van der Waals surface area contributed by atoms with Gasteiger partial charge in [0.15, 0.2) is 6.61 Å². The Balaban J connectivity index is 1.50. The Morgan fingerprint density at radius 3 is 2.50 bits per heavy atom. The van der Waals surface area contributed by atoms with Crippen molar-refractivity contribution in [1.82, 2.24) is 5.01 Å². The van der Waals surface area contributed by atoms with Gasteiger partial charge in [0.25, 0.3) is 5.91 Å². The summed E-state index contributed by atoms with van der Waals surface area (Å²) in [6.07, 6.45) is 2.24. The van der Waals surface area contributed by atoms with E-state index in [1.165, 1.54) is 5.01 Å². The zero-order chi connectivity index (χ0) is 22.3. The quantitative estimate of drug-likeness (QED) is 0.404. The highest BCUT2D eigenvalue weighted by atomic mass is 16.6. The fourth-order valence-electron chi connectivity index (χ4n) is 3.62. The molecule has 1 aliphatic heterocycles. The van der Waals surface area contributed by atoms with Crippen LogP contribution in [0.5, 0.6) is 5.75 Å². The van der Waals surface area contributed by atoms with Crippen LogP contribution in [0.15, 0.2) is 89.1 Å². The summed E-state index contributed by atoms with van der Waals surface area (Å²) in [5.74, 6) is 0.515. The van der Waals surface area contributed by atoms with Gasteiger partial charge < -0.3 is 9.57 Å². The number of oxime groups is 1. The summed E-state index contributed by atoms with van der Waals surface area (Å²) in [6.45, 7) is 1.80. The molecular formula is C26H25N3O3. The van der Waals surface area contributed by atoms with Gasteiger partial charge in [-0.1, -0.05) is 71.9 Å². The van der Waals surface area contributed by atoms with E-state index in [1.54, 1.807) is 13.3 Å². The van der Waals surface area contributed by atoms with E-state index in [0.717, 1.165) is 33.7 Å². The summed E-state index contributed by atoms with van der Waals surface area (Å²) in [5, 5.41) is 10.1. The number of rotatable bonds is 7. The molecule has 1 heterocycles. The van der Waals surface area contributed by atoms with Crippen LogP contribution < -0.4 is 4.74 Å². The van der Waals surface area contributed by atoms with Crippen molar-refractivity contribution < 1.29 is 14.4 Å². The minimum absolute atomic E-state index is 0.194. The molecule has 1 amide bonds. The molecule has 6 nitrogen and oxygen atoms in total. The number of carbonyl (C=O) groups is 1. The fourth-order valence-corrected chi connectivity index (χ4v) is 3.62. The summed E-state index contributed by atoms with van der Waals surface area (Å²) in [7, 11) is 1.63. The third-order valence-electron chi connectivity index (χ3n) is 5.42. The van der Waals surface area contributed by atoms with Gasteiger partial charge in [0.2, 0.25) is 0 Å². The van der Waals surface area contributed by atoms with E-state index in [4.69, 9.17) is 9.57 Å². The van der Waals surface area contributed by atoms with Gasteiger partial charge >= 0.3 is 0 Å². The predicted molar refractivity (Wildman–Crippen MR) is 125 cm³/mol. The second kappa shape index (κ2) is 9.92. The average molecular weight is 428 g/mol. The molecule has 1 atom stereocenters. The lowest BCUT2D eigenvalue weighted by Crippen LogP contribution is -2.30. The zero-order valence-electron chi connectivity index (χ0n) is 18.1. The number of hydrogen-bond acceptors (Lipinski definition) is 5. The van der Waals surface area contributed by atoms with Crippen molar-refractivity contribution in [1.29, 1.82) is 0 Å². The molecule has 162 valence electrons. The molecule has 0 aromatic heterocycles. The largest absolute Gasteiger partial charge is 0.497 e. The van der Waals surface area contributed by atoms with Crippen LogP contribution in [0.3, 0.4) is 0 Å². The topological polar surface area (TPSA) is 63.5 Å². The zero-order valence-corrected chi connectivity index (χ0v) is 18.1. The lowest BCUT2D eigenvalue weighted by Gasteiger charge is -2.21. The van der Waals surface area contributed by atoms with Crippen LogP contribution in [0.2, 0.25) is 0 Å². The molecule has 0 saturated carbocycles. The molecule has 32 heavy (non-hydrogen) atoms. The number of carbonyl (C=O) groups excluding carboxylic acids is 1. The number of methoxy groups -OCH3 is 1. The Morgan fingerprint density at radius 1 is 1.06 bits per heavy atom. The van der Waals surface area contributed by atoms with Gasteiger partial charge in [0.05, 0.1) is 25.1 Å². The lowest BCUT2D eigenvalue weighted by atomic mass is 9.98. The third-order valence-corrected chi connectivity index (χ3v) is 5.42. The summed E-state index contributed by atoms with van der Waals surface area (Å²) in [6, 6.07) is 25.2. The Bertz CT molecular complexity index is 1120. The first kappa shape index (κ1) is 21.3. The van der Waals surface area contributed by atoms with Crippen molar-refractivity contribution in [2.75, 3.05) is 13.7 Å². The molecule has 0 aliphatic carbocycles. The minimum atomic E-state index is -0.251. The van der Waals surface area contributed by atoms with Crippen molar-refractivity contribution in [2.45, 2.75) is 19.4 Å². The highest BCUT2D eigenvalue weighted by Crippen LogP contribution is 2.33. The first-order valence-corrected chi connectivity index (χ1v) is 10.5. The molecule has 1 unspecified atom stereocenters. The van der Waals surface area contributed by atoms with E-state index < -0.39 is 0 Å². The molecule has 0 spiro atoms. The van der Waals surface area contributed by atoms with Gasteiger partial charge in [-0.25, -0.2) is 5.01 Å². The van der Waals surface area contributed by atoms with Crippen LogP contribution in [0.25, 0.3) is 0 Å². The van der Waals surface area contributed by atoms with E-state index in [0.29, 0.717) is 6.42 Å². The first-order valence-electron chi connectivity index (χ1n) is 10.5. The SMILES string of the molecule is COc1ccc(C2CC(c3ccccc3)=NN2C(=O)CO/N=C/c2ccccc2C)cc1. The summed E-state index contributed by atoms with van der Waals surface area (Å²) < 4.78 is 5.26. The molecular weight excluding hydrogens is 402 g/mol. The first-order chi connectivity index (χ1) is 15.7. The summed E-state index contributed by atoms with van der Waals surface area (Å²) in [4.78, 5) is 18.3. The van der Waals surface area contributed by atoms with Gasteiger partial charge in [-0.3, -0.25) is 4.79 Å². The van der Waals surface area contributed by atoms with E-state index in [2.05, 4.69) is 10.3 Å². The van der Waals surface area contributed by atoms with Crippen LogP contribution in [-0.4, -0.2) is 36.6 Å². The molecule has 6 heteroatoms. The van der Waals surface area contributed by atoms with Crippen LogP contribution in [0.4, 0.5) is 0 Å². The number of amides is 1. The number of hydrogen-bond donors (Lipinski definition) is 0. The van der Waals surface area contributed by atoms with E-state index in [-0.39, 0.29) is 18.6 Å². The Labute approximate surface area is 187 Å². The lowest BCUT2D eigenvalue weighted by molar-refractivity contribution is -0.137. The van der Waals surface area contributed by atoms with Crippen molar-refractivity contribution in [3.63, 3.8) is 0 Å². The summed E-state index contributed by atoms with van der Waals surface area (Å²) >= 11 is 0. The molecule has 3 aromatic carbocycles. The van der Waals surface area contributed by atoms with Gasteiger partial charge in [0, 0.05) is 6.42 Å². The van der Waals surface area contributed by atoms with Crippen LogP contribution in [-0.2, 0) is 9.63 Å². The highest BCUT2D eigenvalue weighted by Gasteiger charge is 2.33. The van der Waals surface area contributed by atoms with Crippen LogP contribution >= 0.6 is 0 Å². The monoisotopic (exact) mass is 427 g/mol. The summed E-state index contributed by atoms with van der Waals surface area (Å²) in [5.41, 5.74) is 4.88. The third kappa shape index (κ3) is 4.86. The van der Waals surface area contributed by atoms with Gasteiger partial charge in [0.1, 0.15) is 5.75 Å². The maximum atomic E-state index is 13.0. The van der Waals surface area contributed by atoms with E-state index >= 15 is 0 Å². The standard InChI is InChI=1S/C26H25N3O3/c1-19-8-6-7-11-22(19)17-27-32-18-26(30)29-25(21-12-14-23(31-2)15-13-21)16-24(28-29)20-9-4-3-5-10-20/h3-15,17,25H,16,18H2,1-2H3/b27-17+. The normalized spacial score (nSPS) is 15.6. The van der Waals surface area contributed by atoms with Gasteiger partial charge in [-0.15, -0.1) is 0 Å². The second-order valence-electron chi connectivity index (χ2n) is 7.51. The molecule has 4 rings (SSSR count). The van der Waals surface area contributed by atoms with Crippen LogP contribution in [0, 0.1) is 6.92 Å². The average Bonchev–Trinajstić information content (AvgIpc) is 3.29. The number of hydrazone groups is 1. The van der Waals surface area contributed by atoms with E-state index in [1.807, 2.05) is 85.8 Å². The number of benzene rings is 3. The molecule has 0 radical (unpaired) electrons. The maximum Gasteiger partial charge on any atom is 0.283 e. The fraction of sp³-hybridized carbons (Fsp3) is 0.192. The maximum absolute atomic E-state index is 13.0. The Hall–Kier alpha value is -3.93. The number of nitrogens with zero attached hydrogens (tertiary/aromatic N) is 3. The molecule has 0 N–H and O–H groups in total. The molecule has 0 fully saturated rings.